The Balaban J connectivity index is 1.58. The summed E-state index contributed by atoms with van der Waals surface area (Å²) >= 11 is 0. The van der Waals surface area contributed by atoms with Crippen molar-refractivity contribution in [2.45, 2.75) is 25.3 Å². The molecule has 0 radical (unpaired) electrons. The first-order valence-corrected chi connectivity index (χ1v) is 7.24. The van der Waals surface area contributed by atoms with Crippen LogP contribution in [0.25, 0.3) is 11.0 Å². The second kappa shape index (κ2) is 4.98. The average Bonchev–Trinajstić information content (AvgIpc) is 3.15. The molecule has 1 aliphatic carbocycles. The van der Waals surface area contributed by atoms with Crippen LogP contribution in [0.2, 0.25) is 0 Å². The van der Waals surface area contributed by atoms with Crippen molar-refractivity contribution in [3.05, 3.63) is 47.5 Å². The Morgan fingerprint density at radius 1 is 1.41 bits per heavy atom. The Hall–Kier alpha value is -2.63. The number of aromatic nitrogens is 3. The number of fused-ring (bicyclic) bond motifs is 1. The number of esters is 1. The minimum Gasteiger partial charge on any atom is -0.464 e. The maximum atomic E-state index is 11.4. The van der Waals surface area contributed by atoms with Gasteiger partial charge in [-0.15, -0.1) is 5.10 Å². The van der Waals surface area contributed by atoms with Crippen LogP contribution in [0.15, 0.2) is 34.9 Å². The molecule has 112 valence electrons. The number of carbonyl (C=O) groups excluding carboxylic acids is 1. The van der Waals surface area contributed by atoms with Gasteiger partial charge in [0.2, 0.25) is 0 Å². The monoisotopic (exact) mass is 297 g/mol. The fourth-order valence-corrected chi connectivity index (χ4v) is 2.60. The normalized spacial score (nSPS) is 14.4. The molecule has 0 bridgehead atoms. The Labute approximate surface area is 126 Å². The molecule has 1 aromatic carbocycles. The molecule has 0 atom stereocenters. The van der Waals surface area contributed by atoms with E-state index in [1.807, 2.05) is 12.1 Å². The van der Waals surface area contributed by atoms with Crippen LogP contribution in [0.5, 0.6) is 0 Å². The molecular weight excluding hydrogens is 282 g/mol. The zero-order valence-electron chi connectivity index (χ0n) is 12.2. The number of rotatable bonds is 4. The number of hydrogen-bond donors (Lipinski definition) is 0. The number of ether oxygens (including phenoxy) is 1. The van der Waals surface area contributed by atoms with Gasteiger partial charge < -0.3 is 9.15 Å². The topological polar surface area (TPSA) is 70.2 Å². The van der Waals surface area contributed by atoms with E-state index < -0.39 is 5.97 Å². The van der Waals surface area contributed by atoms with Crippen molar-refractivity contribution in [1.82, 2.24) is 15.0 Å². The number of carbonyl (C=O) groups is 1. The third kappa shape index (κ3) is 2.36. The SMILES string of the molecule is COC(=O)c1cn(Cc2cc3cc(C4CC4)ccc3o2)nn1. The molecule has 2 aromatic heterocycles. The van der Waals surface area contributed by atoms with E-state index in [0.29, 0.717) is 6.54 Å². The molecule has 2 heterocycles. The standard InChI is InChI=1S/C16H15N3O3/c1-21-16(20)14-9-19(18-17-14)8-13-7-12-6-11(10-2-3-10)4-5-15(12)22-13/h4-7,9-10H,2-3,8H2,1H3. The highest BCUT2D eigenvalue weighted by Gasteiger charge is 2.23. The Morgan fingerprint density at radius 2 is 2.27 bits per heavy atom. The van der Waals surface area contributed by atoms with Crippen LogP contribution in [-0.4, -0.2) is 28.1 Å². The first-order valence-electron chi connectivity index (χ1n) is 7.24. The molecule has 0 unspecified atom stereocenters. The lowest BCUT2D eigenvalue weighted by Crippen LogP contribution is -2.01. The first-order chi connectivity index (χ1) is 10.7. The summed E-state index contributed by atoms with van der Waals surface area (Å²) in [4.78, 5) is 11.4. The number of nitrogens with zero attached hydrogens (tertiary/aromatic N) is 3. The van der Waals surface area contributed by atoms with Gasteiger partial charge in [0, 0.05) is 5.39 Å². The summed E-state index contributed by atoms with van der Waals surface area (Å²) in [5.74, 6) is 1.01. The summed E-state index contributed by atoms with van der Waals surface area (Å²) in [6.07, 6.45) is 4.12. The van der Waals surface area contributed by atoms with Crippen LogP contribution in [0.4, 0.5) is 0 Å². The highest BCUT2D eigenvalue weighted by molar-refractivity contribution is 5.86. The predicted molar refractivity (Wildman–Crippen MR) is 78.7 cm³/mol. The molecule has 0 N–H and O–H groups in total. The Bertz CT molecular complexity index is 845. The van der Waals surface area contributed by atoms with Gasteiger partial charge in [-0.25, -0.2) is 9.48 Å². The molecule has 1 saturated carbocycles. The zero-order chi connectivity index (χ0) is 15.1. The molecule has 6 heteroatoms. The van der Waals surface area contributed by atoms with E-state index in [1.54, 1.807) is 10.9 Å². The van der Waals surface area contributed by atoms with Crippen molar-refractivity contribution in [3.63, 3.8) is 0 Å². The van der Waals surface area contributed by atoms with Crippen LogP contribution < -0.4 is 0 Å². The molecule has 1 fully saturated rings. The smallest absolute Gasteiger partial charge is 0.360 e. The zero-order valence-corrected chi connectivity index (χ0v) is 12.2. The predicted octanol–water partition coefficient (Wildman–Crippen LogP) is 2.74. The fraction of sp³-hybridized carbons (Fsp3) is 0.312. The maximum absolute atomic E-state index is 11.4. The molecule has 0 saturated heterocycles. The molecule has 22 heavy (non-hydrogen) atoms. The van der Waals surface area contributed by atoms with Crippen molar-refractivity contribution in [2.75, 3.05) is 7.11 Å². The summed E-state index contributed by atoms with van der Waals surface area (Å²) in [6.45, 7) is 0.428. The van der Waals surface area contributed by atoms with Gasteiger partial charge >= 0.3 is 5.97 Å². The molecule has 0 amide bonds. The number of benzene rings is 1. The van der Waals surface area contributed by atoms with Crippen LogP contribution in [-0.2, 0) is 11.3 Å². The quantitative estimate of drug-likeness (QED) is 0.692. The van der Waals surface area contributed by atoms with E-state index in [1.165, 1.54) is 25.5 Å². The lowest BCUT2D eigenvalue weighted by atomic mass is 10.1. The van der Waals surface area contributed by atoms with Crippen LogP contribution in [0.1, 0.15) is 40.6 Å². The van der Waals surface area contributed by atoms with Crippen LogP contribution in [0.3, 0.4) is 0 Å². The molecule has 3 aromatic rings. The summed E-state index contributed by atoms with van der Waals surface area (Å²) in [5.41, 5.74) is 2.44. The fourth-order valence-electron chi connectivity index (χ4n) is 2.60. The lowest BCUT2D eigenvalue weighted by Gasteiger charge is -1.96. The Morgan fingerprint density at radius 3 is 3.05 bits per heavy atom. The highest BCUT2D eigenvalue weighted by atomic mass is 16.5. The van der Waals surface area contributed by atoms with Crippen molar-refractivity contribution in [2.24, 2.45) is 0 Å². The lowest BCUT2D eigenvalue weighted by molar-refractivity contribution is 0.0594. The third-order valence-electron chi connectivity index (χ3n) is 3.89. The van der Waals surface area contributed by atoms with Crippen molar-refractivity contribution in [1.29, 1.82) is 0 Å². The molecule has 4 rings (SSSR count). The summed E-state index contributed by atoms with van der Waals surface area (Å²) in [5, 5.41) is 8.80. The van der Waals surface area contributed by atoms with Gasteiger partial charge in [0.15, 0.2) is 5.69 Å². The highest BCUT2D eigenvalue weighted by Crippen LogP contribution is 2.41. The van der Waals surface area contributed by atoms with E-state index in [2.05, 4.69) is 27.2 Å². The van der Waals surface area contributed by atoms with Crippen molar-refractivity contribution < 1.29 is 13.9 Å². The van der Waals surface area contributed by atoms with Gasteiger partial charge in [0.05, 0.1) is 13.3 Å². The van der Waals surface area contributed by atoms with Crippen molar-refractivity contribution in [3.8, 4) is 0 Å². The molecule has 0 spiro atoms. The van der Waals surface area contributed by atoms with E-state index in [4.69, 9.17) is 4.42 Å². The summed E-state index contributed by atoms with van der Waals surface area (Å²) in [7, 11) is 1.32. The minimum atomic E-state index is -0.495. The van der Waals surface area contributed by atoms with Gasteiger partial charge in [-0.2, -0.15) is 0 Å². The second-order valence-electron chi connectivity index (χ2n) is 5.58. The van der Waals surface area contributed by atoms with E-state index in [0.717, 1.165) is 22.6 Å². The molecular formula is C16H15N3O3. The van der Waals surface area contributed by atoms with Gasteiger partial charge in [-0.3, -0.25) is 0 Å². The summed E-state index contributed by atoms with van der Waals surface area (Å²) < 4.78 is 12.0. The molecule has 0 aliphatic heterocycles. The second-order valence-corrected chi connectivity index (χ2v) is 5.58. The van der Waals surface area contributed by atoms with E-state index in [9.17, 15) is 4.79 Å². The number of hydrogen-bond acceptors (Lipinski definition) is 5. The number of methoxy groups -OCH3 is 1. The first kappa shape index (κ1) is 13.1. The average molecular weight is 297 g/mol. The largest absolute Gasteiger partial charge is 0.464 e. The maximum Gasteiger partial charge on any atom is 0.360 e. The molecule has 1 aliphatic rings. The van der Waals surface area contributed by atoms with Crippen LogP contribution >= 0.6 is 0 Å². The van der Waals surface area contributed by atoms with Crippen molar-refractivity contribution >= 4 is 16.9 Å². The molecule has 6 nitrogen and oxygen atoms in total. The summed E-state index contributed by atoms with van der Waals surface area (Å²) in [6, 6.07) is 8.37. The van der Waals surface area contributed by atoms with Gasteiger partial charge in [-0.05, 0) is 42.5 Å². The van der Waals surface area contributed by atoms with Gasteiger partial charge in [0.1, 0.15) is 17.9 Å². The third-order valence-corrected chi connectivity index (χ3v) is 3.89. The van der Waals surface area contributed by atoms with E-state index in [-0.39, 0.29) is 5.69 Å². The number of furan rings is 1. The minimum absolute atomic E-state index is 0.189. The Kier molecular flexibility index (Phi) is 2.96. The van der Waals surface area contributed by atoms with E-state index >= 15 is 0 Å². The van der Waals surface area contributed by atoms with Gasteiger partial charge in [0.25, 0.3) is 0 Å². The van der Waals surface area contributed by atoms with Crippen LogP contribution in [0, 0.1) is 0 Å². The van der Waals surface area contributed by atoms with Gasteiger partial charge in [-0.1, -0.05) is 11.3 Å².